The number of nitrogens with two attached hydrogens (primary N) is 1. The van der Waals surface area contributed by atoms with Gasteiger partial charge in [-0.1, -0.05) is 23.7 Å². The number of hydrogen-bond donors (Lipinski definition) is 3. The Morgan fingerprint density at radius 3 is 2.40 bits per heavy atom. The molecule has 104 valence electrons. The number of nitrogens with zero attached hydrogens (tertiary/aromatic N) is 1. The van der Waals surface area contributed by atoms with Crippen molar-refractivity contribution >= 4 is 34.4 Å². The molecule has 0 aromatic heterocycles. The van der Waals surface area contributed by atoms with Gasteiger partial charge in [0, 0.05) is 10.7 Å². The predicted molar refractivity (Wildman–Crippen MR) is 80.4 cm³/mol. The minimum absolute atomic E-state index is 0.116. The fraction of sp³-hybridized carbons (Fsp3) is 0.0769. The van der Waals surface area contributed by atoms with Crippen molar-refractivity contribution in [2.75, 3.05) is 10.7 Å². The van der Waals surface area contributed by atoms with Gasteiger partial charge in [0.2, 0.25) is 0 Å². The first-order valence-electron chi connectivity index (χ1n) is 5.80. The number of halogens is 1. The van der Waals surface area contributed by atoms with Crippen LogP contribution in [0.5, 0.6) is 0 Å². The molecule has 0 atom stereocenters. The first-order chi connectivity index (χ1) is 9.54. The second-order valence-corrected chi connectivity index (χ2v) is 4.55. The maximum atomic E-state index is 11.2. The Kier molecular flexibility index (Phi) is 4.07. The van der Waals surface area contributed by atoms with Crippen molar-refractivity contribution in [3.8, 4) is 0 Å². The molecule has 0 saturated heterocycles. The zero-order valence-electron chi connectivity index (χ0n) is 10.7. The van der Waals surface area contributed by atoms with Crippen LogP contribution in [0.15, 0.2) is 36.4 Å². The van der Waals surface area contributed by atoms with Crippen molar-refractivity contribution < 1.29 is 4.92 Å². The summed E-state index contributed by atoms with van der Waals surface area (Å²) in [5.41, 5.74) is 4.30. The van der Waals surface area contributed by atoms with Crippen LogP contribution in [0, 0.1) is 17.0 Å². The number of nitrogen functional groups attached to an aromatic ring is 1. The molecule has 2 rings (SSSR count). The highest BCUT2D eigenvalue weighted by atomic mass is 35.5. The number of benzene rings is 2. The lowest BCUT2D eigenvalue weighted by Crippen LogP contribution is -2.10. The van der Waals surface area contributed by atoms with E-state index in [0.29, 0.717) is 16.4 Å². The minimum atomic E-state index is -0.489. The summed E-state index contributed by atoms with van der Waals surface area (Å²) in [5.74, 6) is 5.30. The summed E-state index contributed by atoms with van der Waals surface area (Å²) >= 11 is 6.03. The number of anilines is 3. The van der Waals surface area contributed by atoms with E-state index in [4.69, 9.17) is 17.4 Å². The van der Waals surface area contributed by atoms with Gasteiger partial charge in [0.25, 0.3) is 0 Å². The number of nitro benzene ring substituents is 1. The topological polar surface area (TPSA) is 93.2 Å². The predicted octanol–water partition coefficient (Wildman–Crippen LogP) is 3.59. The quantitative estimate of drug-likeness (QED) is 0.455. The highest BCUT2D eigenvalue weighted by Gasteiger charge is 2.19. The van der Waals surface area contributed by atoms with E-state index in [1.165, 1.54) is 6.07 Å². The number of rotatable bonds is 4. The molecular formula is C13H13ClN4O2. The minimum Gasteiger partial charge on any atom is -0.350 e. The first kappa shape index (κ1) is 14.1. The molecule has 0 saturated carbocycles. The zero-order chi connectivity index (χ0) is 14.7. The van der Waals surface area contributed by atoms with Gasteiger partial charge < -0.3 is 10.7 Å². The highest BCUT2D eigenvalue weighted by Crippen LogP contribution is 2.35. The molecule has 0 aliphatic carbocycles. The molecule has 0 radical (unpaired) electrons. The van der Waals surface area contributed by atoms with Crippen LogP contribution in [-0.2, 0) is 0 Å². The third-order valence-electron chi connectivity index (χ3n) is 2.91. The molecule has 20 heavy (non-hydrogen) atoms. The Morgan fingerprint density at radius 2 is 1.75 bits per heavy atom. The van der Waals surface area contributed by atoms with Gasteiger partial charge in [-0.2, -0.15) is 0 Å². The van der Waals surface area contributed by atoms with Crippen molar-refractivity contribution in [3.05, 3.63) is 57.1 Å². The summed E-state index contributed by atoms with van der Waals surface area (Å²) in [7, 11) is 0. The van der Waals surface area contributed by atoms with Crippen LogP contribution < -0.4 is 16.6 Å². The molecule has 2 aromatic rings. The summed E-state index contributed by atoms with van der Waals surface area (Å²) in [6, 6.07) is 10.1. The van der Waals surface area contributed by atoms with E-state index in [9.17, 15) is 10.1 Å². The van der Waals surface area contributed by atoms with Gasteiger partial charge in [-0.25, -0.2) is 0 Å². The Labute approximate surface area is 120 Å². The van der Waals surface area contributed by atoms with Crippen molar-refractivity contribution in [2.45, 2.75) is 6.92 Å². The van der Waals surface area contributed by atoms with Crippen LogP contribution in [0.4, 0.5) is 22.7 Å². The number of hydrazine groups is 1. The third-order valence-corrected chi connectivity index (χ3v) is 3.32. The van der Waals surface area contributed by atoms with E-state index in [1.54, 1.807) is 30.3 Å². The van der Waals surface area contributed by atoms with Crippen LogP contribution in [0.3, 0.4) is 0 Å². The van der Waals surface area contributed by atoms with E-state index in [-0.39, 0.29) is 11.4 Å². The lowest BCUT2D eigenvalue weighted by atomic mass is 10.1. The standard InChI is InChI=1S/C13H13ClN4O2/c1-8-9(14)4-2-5-10(8)16-11-6-3-7-12(17-15)13(11)18(19)20/h2-7,16-17H,15H2,1H3. The number of nitrogens with one attached hydrogen (secondary N) is 2. The van der Waals surface area contributed by atoms with Crippen molar-refractivity contribution in [1.29, 1.82) is 0 Å². The zero-order valence-corrected chi connectivity index (χ0v) is 11.4. The molecule has 0 aliphatic rings. The SMILES string of the molecule is Cc1c(Cl)cccc1Nc1cccc(NN)c1[N+](=O)[O-]. The van der Waals surface area contributed by atoms with E-state index in [0.717, 1.165) is 5.56 Å². The number of para-hydroxylation sites is 1. The molecule has 7 heteroatoms. The Bertz CT molecular complexity index is 661. The van der Waals surface area contributed by atoms with Gasteiger partial charge in [-0.05, 0) is 36.8 Å². The molecule has 0 bridgehead atoms. The molecule has 6 nitrogen and oxygen atoms in total. The maximum Gasteiger partial charge on any atom is 0.316 e. The highest BCUT2D eigenvalue weighted by molar-refractivity contribution is 6.31. The number of hydrogen-bond acceptors (Lipinski definition) is 5. The first-order valence-corrected chi connectivity index (χ1v) is 6.18. The van der Waals surface area contributed by atoms with Gasteiger partial charge in [-0.15, -0.1) is 0 Å². The van der Waals surface area contributed by atoms with E-state index in [2.05, 4.69) is 10.7 Å². The molecule has 2 aromatic carbocycles. The normalized spacial score (nSPS) is 10.2. The van der Waals surface area contributed by atoms with Crippen LogP contribution in [0.1, 0.15) is 5.56 Å². The molecular weight excluding hydrogens is 280 g/mol. The van der Waals surface area contributed by atoms with Crippen LogP contribution in [0.25, 0.3) is 0 Å². The molecule has 0 amide bonds. The van der Waals surface area contributed by atoms with Crippen LogP contribution in [0.2, 0.25) is 5.02 Å². The average molecular weight is 293 g/mol. The van der Waals surface area contributed by atoms with Crippen molar-refractivity contribution in [1.82, 2.24) is 0 Å². The molecule has 0 spiro atoms. The van der Waals surface area contributed by atoms with Gasteiger partial charge in [0.15, 0.2) is 0 Å². The molecule has 0 unspecified atom stereocenters. The van der Waals surface area contributed by atoms with Crippen molar-refractivity contribution in [2.24, 2.45) is 5.84 Å². The summed E-state index contributed by atoms with van der Waals surface area (Å²) in [5, 5.41) is 14.8. The maximum absolute atomic E-state index is 11.2. The molecule has 0 aliphatic heterocycles. The molecule has 0 fully saturated rings. The molecule has 4 N–H and O–H groups in total. The second-order valence-electron chi connectivity index (χ2n) is 4.14. The van der Waals surface area contributed by atoms with Gasteiger partial charge in [0.1, 0.15) is 11.4 Å². The van der Waals surface area contributed by atoms with Crippen molar-refractivity contribution in [3.63, 3.8) is 0 Å². The smallest absolute Gasteiger partial charge is 0.316 e. The lowest BCUT2D eigenvalue weighted by Gasteiger charge is -2.12. The Balaban J connectivity index is 2.48. The van der Waals surface area contributed by atoms with E-state index < -0.39 is 4.92 Å². The van der Waals surface area contributed by atoms with Gasteiger partial charge >= 0.3 is 5.69 Å². The van der Waals surface area contributed by atoms with Crippen LogP contribution in [-0.4, -0.2) is 4.92 Å². The third kappa shape index (κ3) is 2.66. The van der Waals surface area contributed by atoms with E-state index in [1.807, 2.05) is 6.92 Å². The van der Waals surface area contributed by atoms with E-state index >= 15 is 0 Å². The number of nitro groups is 1. The Hall–Kier alpha value is -2.31. The second kappa shape index (κ2) is 5.77. The fourth-order valence-corrected chi connectivity index (χ4v) is 2.02. The summed E-state index contributed by atoms with van der Waals surface area (Å²) in [6.45, 7) is 1.83. The van der Waals surface area contributed by atoms with Gasteiger partial charge in [0.05, 0.1) is 4.92 Å². The summed E-state index contributed by atoms with van der Waals surface area (Å²) in [6.07, 6.45) is 0. The largest absolute Gasteiger partial charge is 0.350 e. The summed E-state index contributed by atoms with van der Waals surface area (Å²) in [4.78, 5) is 10.7. The lowest BCUT2D eigenvalue weighted by molar-refractivity contribution is -0.383. The van der Waals surface area contributed by atoms with Gasteiger partial charge in [-0.3, -0.25) is 16.0 Å². The fourth-order valence-electron chi connectivity index (χ4n) is 1.85. The monoisotopic (exact) mass is 292 g/mol. The average Bonchev–Trinajstić information content (AvgIpc) is 2.43. The van der Waals surface area contributed by atoms with Crippen LogP contribution >= 0.6 is 11.6 Å². The summed E-state index contributed by atoms with van der Waals surface area (Å²) < 4.78 is 0. The Morgan fingerprint density at radius 1 is 1.15 bits per heavy atom. The molecule has 0 heterocycles.